The fourth-order valence-electron chi connectivity index (χ4n) is 4.65. The number of hydrogen-bond donors (Lipinski definition) is 0. The van der Waals surface area contributed by atoms with E-state index in [0.717, 1.165) is 44.8 Å². The standard InChI is InChI=1S/C33H28ClNO4S/c1-3-10-24-17-22(18-29(38-4-2)31(24)39-21-26-12-6-8-16-28(26)34)19-30-32(36)35(33(37)40-30)20-25-14-9-13-23-11-5-7-15-27(23)25/h3,5-9,11-19H,1,4,10,20-21H2,2H3/b30-19+. The minimum atomic E-state index is -0.315. The Balaban J connectivity index is 1.43. The Labute approximate surface area is 243 Å². The molecule has 0 N–H and O–H groups in total. The molecule has 5 rings (SSSR count). The van der Waals surface area contributed by atoms with E-state index >= 15 is 0 Å². The molecule has 0 atom stereocenters. The van der Waals surface area contributed by atoms with Crippen molar-refractivity contribution < 1.29 is 19.1 Å². The number of nitrogens with zero attached hydrogens (tertiary/aromatic N) is 1. The van der Waals surface area contributed by atoms with Crippen LogP contribution in [0.1, 0.15) is 29.2 Å². The van der Waals surface area contributed by atoms with Crippen molar-refractivity contribution in [2.45, 2.75) is 26.5 Å². The van der Waals surface area contributed by atoms with Crippen LogP contribution < -0.4 is 9.47 Å². The monoisotopic (exact) mass is 569 g/mol. The molecule has 1 fully saturated rings. The van der Waals surface area contributed by atoms with Crippen LogP contribution in [-0.4, -0.2) is 22.7 Å². The second kappa shape index (κ2) is 12.5. The number of rotatable bonds is 10. The highest BCUT2D eigenvalue weighted by atomic mass is 35.5. The number of benzene rings is 4. The van der Waals surface area contributed by atoms with Gasteiger partial charge in [-0.1, -0.05) is 78.3 Å². The zero-order chi connectivity index (χ0) is 28.1. The molecule has 40 heavy (non-hydrogen) atoms. The molecule has 0 spiro atoms. The molecule has 1 aliphatic rings. The highest BCUT2D eigenvalue weighted by molar-refractivity contribution is 8.18. The summed E-state index contributed by atoms with van der Waals surface area (Å²) in [5.41, 5.74) is 3.38. The van der Waals surface area contributed by atoms with E-state index in [1.807, 2.05) is 85.8 Å². The molecule has 0 bridgehead atoms. The molecule has 0 unspecified atom stereocenters. The van der Waals surface area contributed by atoms with Gasteiger partial charge >= 0.3 is 0 Å². The van der Waals surface area contributed by atoms with Crippen molar-refractivity contribution in [3.63, 3.8) is 0 Å². The summed E-state index contributed by atoms with van der Waals surface area (Å²) in [7, 11) is 0. The number of amides is 2. The van der Waals surface area contributed by atoms with Crippen LogP contribution in [0.4, 0.5) is 4.79 Å². The smallest absolute Gasteiger partial charge is 0.293 e. The first-order valence-electron chi connectivity index (χ1n) is 13.0. The maximum atomic E-state index is 13.4. The number of halogens is 1. The summed E-state index contributed by atoms with van der Waals surface area (Å²) in [5.74, 6) is 0.836. The molecule has 5 nitrogen and oxygen atoms in total. The third-order valence-electron chi connectivity index (χ3n) is 6.53. The molecule has 1 heterocycles. The highest BCUT2D eigenvalue weighted by Crippen LogP contribution is 2.38. The molecular formula is C33H28ClNO4S. The number of imide groups is 1. The van der Waals surface area contributed by atoms with E-state index in [4.69, 9.17) is 21.1 Å². The molecule has 0 aromatic heterocycles. The van der Waals surface area contributed by atoms with E-state index in [-0.39, 0.29) is 24.3 Å². The van der Waals surface area contributed by atoms with Crippen molar-refractivity contribution in [1.82, 2.24) is 4.90 Å². The fraction of sp³-hybridized carbons (Fsp3) is 0.152. The zero-order valence-electron chi connectivity index (χ0n) is 22.1. The molecule has 7 heteroatoms. The van der Waals surface area contributed by atoms with Crippen LogP contribution in [0.15, 0.2) is 96.4 Å². The lowest BCUT2D eigenvalue weighted by molar-refractivity contribution is -0.123. The molecule has 1 aliphatic heterocycles. The van der Waals surface area contributed by atoms with Gasteiger partial charge in [-0.2, -0.15) is 0 Å². The van der Waals surface area contributed by atoms with Crippen molar-refractivity contribution in [2.75, 3.05) is 6.61 Å². The lowest BCUT2D eigenvalue weighted by Gasteiger charge is -2.17. The molecular weight excluding hydrogens is 542 g/mol. The third kappa shape index (κ3) is 5.93. The van der Waals surface area contributed by atoms with Crippen molar-refractivity contribution in [2.24, 2.45) is 0 Å². The van der Waals surface area contributed by atoms with Crippen LogP contribution in [0.3, 0.4) is 0 Å². The van der Waals surface area contributed by atoms with Gasteiger partial charge in [-0.15, -0.1) is 6.58 Å². The van der Waals surface area contributed by atoms with E-state index in [2.05, 4.69) is 6.58 Å². The molecule has 4 aromatic rings. The molecule has 2 amide bonds. The maximum absolute atomic E-state index is 13.4. The summed E-state index contributed by atoms with van der Waals surface area (Å²) in [6.45, 7) is 6.71. The fourth-order valence-corrected chi connectivity index (χ4v) is 5.68. The Morgan fingerprint density at radius 2 is 1.68 bits per heavy atom. The van der Waals surface area contributed by atoms with Gasteiger partial charge < -0.3 is 9.47 Å². The first-order chi connectivity index (χ1) is 19.5. The largest absolute Gasteiger partial charge is 0.490 e. The van der Waals surface area contributed by atoms with Gasteiger partial charge in [-0.25, -0.2) is 0 Å². The normalized spacial score (nSPS) is 14.2. The Bertz CT molecular complexity index is 1630. The topological polar surface area (TPSA) is 55.8 Å². The molecule has 0 aliphatic carbocycles. The van der Waals surface area contributed by atoms with Gasteiger partial charge in [0, 0.05) is 16.1 Å². The molecule has 0 radical (unpaired) electrons. The van der Waals surface area contributed by atoms with Crippen LogP contribution >= 0.6 is 23.4 Å². The maximum Gasteiger partial charge on any atom is 0.293 e. The van der Waals surface area contributed by atoms with Crippen LogP contribution in [0.25, 0.3) is 16.8 Å². The van der Waals surface area contributed by atoms with Crippen LogP contribution in [0, 0.1) is 0 Å². The number of ether oxygens (including phenoxy) is 2. The van der Waals surface area contributed by atoms with E-state index in [9.17, 15) is 9.59 Å². The van der Waals surface area contributed by atoms with Crippen molar-refractivity contribution >= 4 is 51.4 Å². The Morgan fingerprint density at radius 1 is 0.925 bits per heavy atom. The van der Waals surface area contributed by atoms with Gasteiger partial charge in [0.25, 0.3) is 11.1 Å². The molecule has 4 aromatic carbocycles. The average molecular weight is 570 g/mol. The van der Waals surface area contributed by atoms with Gasteiger partial charge in [-0.3, -0.25) is 14.5 Å². The molecule has 202 valence electrons. The number of hydrogen-bond acceptors (Lipinski definition) is 5. The molecule has 1 saturated heterocycles. The summed E-state index contributed by atoms with van der Waals surface area (Å²) in [6.07, 6.45) is 4.05. The minimum Gasteiger partial charge on any atom is -0.490 e. The SMILES string of the molecule is C=CCc1cc(/C=C2/SC(=O)N(Cc3cccc4ccccc34)C2=O)cc(OCC)c1OCc1ccccc1Cl. The predicted molar refractivity (Wildman–Crippen MR) is 163 cm³/mol. The third-order valence-corrected chi connectivity index (χ3v) is 7.80. The number of fused-ring (bicyclic) bond motifs is 1. The highest BCUT2D eigenvalue weighted by Gasteiger charge is 2.35. The van der Waals surface area contributed by atoms with E-state index in [1.165, 1.54) is 4.90 Å². The van der Waals surface area contributed by atoms with Gasteiger partial charge in [0.2, 0.25) is 0 Å². The summed E-state index contributed by atoms with van der Waals surface area (Å²) in [6, 6.07) is 25.2. The van der Waals surface area contributed by atoms with Crippen molar-refractivity contribution in [1.29, 1.82) is 0 Å². The lowest BCUT2D eigenvalue weighted by atomic mass is 10.0. The van der Waals surface area contributed by atoms with E-state index in [1.54, 1.807) is 12.2 Å². The van der Waals surface area contributed by atoms with Gasteiger partial charge in [0.1, 0.15) is 6.61 Å². The quantitative estimate of drug-likeness (QED) is 0.142. The van der Waals surface area contributed by atoms with Crippen LogP contribution in [0.2, 0.25) is 5.02 Å². The predicted octanol–water partition coefficient (Wildman–Crippen LogP) is 8.44. The first-order valence-corrected chi connectivity index (χ1v) is 14.2. The Hall–Kier alpha value is -4.00. The van der Waals surface area contributed by atoms with Gasteiger partial charge in [0.05, 0.1) is 18.1 Å². The Morgan fingerprint density at radius 3 is 2.48 bits per heavy atom. The number of allylic oxidation sites excluding steroid dienone is 1. The second-order valence-corrected chi connectivity index (χ2v) is 10.6. The number of carbonyl (C=O) groups is 2. The second-order valence-electron chi connectivity index (χ2n) is 9.22. The van der Waals surface area contributed by atoms with Crippen molar-refractivity contribution in [3.05, 3.63) is 124 Å². The van der Waals surface area contributed by atoms with Gasteiger partial charge in [0.15, 0.2) is 11.5 Å². The average Bonchev–Trinajstić information content (AvgIpc) is 3.21. The Kier molecular flexibility index (Phi) is 8.58. The molecule has 0 saturated carbocycles. The van der Waals surface area contributed by atoms with E-state index in [0.29, 0.717) is 34.5 Å². The van der Waals surface area contributed by atoms with E-state index < -0.39 is 0 Å². The van der Waals surface area contributed by atoms with Crippen LogP contribution in [-0.2, 0) is 24.4 Å². The van der Waals surface area contributed by atoms with Gasteiger partial charge in [-0.05, 0) is 71.3 Å². The first kappa shape index (κ1) is 27.6. The summed E-state index contributed by atoms with van der Waals surface area (Å²) in [4.78, 5) is 28.0. The number of thioether (sulfide) groups is 1. The summed E-state index contributed by atoms with van der Waals surface area (Å²) >= 11 is 7.27. The summed E-state index contributed by atoms with van der Waals surface area (Å²) < 4.78 is 12.2. The summed E-state index contributed by atoms with van der Waals surface area (Å²) in [5, 5.41) is 2.43. The van der Waals surface area contributed by atoms with Crippen molar-refractivity contribution in [3.8, 4) is 11.5 Å². The number of carbonyl (C=O) groups excluding carboxylic acids is 2. The lowest BCUT2D eigenvalue weighted by Crippen LogP contribution is -2.27. The minimum absolute atomic E-state index is 0.212. The van der Waals surface area contributed by atoms with Crippen LogP contribution in [0.5, 0.6) is 11.5 Å². The zero-order valence-corrected chi connectivity index (χ0v) is 23.6.